The fourth-order valence-corrected chi connectivity index (χ4v) is 10.7. The largest absolute Gasteiger partial charge is 0.228 e. The summed E-state index contributed by atoms with van der Waals surface area (Å²) >= 11 is 0. The monoisotopic (exact) mass is 790 g/mol. The molecule has 2 aliphatic rings. The third kappa shape index (κ3) is 5.36. The molecule has 2 nitrogen and oxygen atoms in total. The van der Waals surface area contributed by atoms with Gasteiger partial charge in [0, 0.05) is 22.1 Å². The standard InChI is InChI=1S/C60H42N2/c1-59(2)52-28-16-14-26-47(52)49-33-31-41(37-54(49)59)56-38-57(62-58(61-56)39-18-6-3-7-19-39)51-35-34-44(45-24-12-13-25-46(45)51)40-30-32-50-48-27-15-17-29-53(48)60(55(50)36-40,42-20-8-4-9-21-42)43-22-10-5-11-23-43/h3-38H,1-2H3. The summed E-state index contributed by atoms with van der Waals surface area (Å²) in [6.07, 6.45) is 0. The van der Waals surface area contributed by atoms with Gasteiger partial charge in [-0.25, -0.2) is 9.97 Å². The Morgan fingerprint density at radius 3 is 1.47 bits per heavy atom. The average Bonchev–Trinajstić information content (AvgIpc) is 3.76. The molecule has 0 bridgehead atoms. The smallest absolute Gasteiger partial charge is 0.160 e. The van der Waals surface area contributed by atoms with Crippen LogP contribution in [-0.2, 0) is 10.8 Å². The van der Waals surface area contributed by atoms with Crippen molar-refractivity contribution in [1.29, 1.82) is 0 Å². The lowest BCUT2D eigenvalue weighted by Gasteiger charge is -2.34. The van der Waals surface area contributed by atoms with Crippen LogP contribution in [0.3, 0.4) is 0 Å². The van der Waals surface area contributed by atoms with Crippen LogP contribution < -0.4 is 0 Å². The van der Waals surface area contributed by atoms with Gasteiger partial charge < -0.3 is 0 Å². The maximum Gasteiger partial charge on any atom is 0.160 e. The van der Waals surface area contributed by atoms with Crippen molar-refractivity contribution in [2.45, 2.75) is 24.7 Å². The van der Waals surface area contributed by atoms with E-state index in [-0.39, 0.29) is 5.41 Å². The SMILES string of the molecule is CC1(C)c2ccccc2-c2ccc(-c3cc(-c4ccc(-c5ccc6c(c5)C(c5ccccc5)(c5ccccc5)c5ccccc5-6)c5ccccc45)nc(-c4ccccc4)n3)cc21. The second kappa shape index (κ2) is 13.9. The second-order valence-electron chi connectivity index (χ2n) is 17.3. The summed E-state index contributed by atoms with van der Waals surface area (Å²) in [5, 5.41) is 2.34. The normalized spacial score (nSPS) is 13.9. The topological polar surface area (TPSA) is 25.8 Å². The predicted molar refractivity (Wildman–Crippen MR) is 256 cm³/mol. The lowest BCUT2D eigenvalue weighted by Crippen LogP contribution is -2.28. The van der Waals surface area contributed by atoms with Gasteiger partial charge >= 0.3 is 0 Å². The molecular weight excluding hydrogens is 749 g/mol. The molecule has 12 rings (SSSR count). The van der Waals surface area contributed by atoms with Gasteiger partial charge in [-0.3, -0.25) is 0 Å². The zero-order valence-electron chi connectivity index (χ0n) is 34.7. The fraction of sp³-hybridized carbons (Fsp3) is 0.0667. The van der Waals surface area contributed by atoms with Crippen molar-refractivity contribution in [3.05, 3.63) is 252 Å². The molecule has 0 saturated heterocycles. The highest BCUT2D eigenvalue weighted by molar-refractivity contribution is 6.05. The van der Waals surface area contributed by atoms with Gasteiger partial charge in [-0.1, -0.05) is 214 Å². The Hall–Kier alpha value is -7.68. The third-order valence-electron chi connectivity index (χ3n) is 13.6. The molecule has 0 unspecified atom stereocenters. The molecule has 0 amide bonds. The number of fused-ring (bicyclic) bond motifs is 7. The molecule has 0 N–H and O–H groups in total. The summed E-state index contributed by atoms with van der Waals surface area (Å²) in [5.41, 5.74) is 19.8. The van der Waals surface area contributed by atoms with Crippen LogP contribution in [0.25, 0.3) is 78.1 Å². The van der Waals surface area contributed by atoms with Crippen LogP contribution in [0.2, 0.25) is 0 Å². The lowest BCUT2D eigenvalue weighted by molar-refractivity contribution is 0.660. The van der Waals surface area contributed by atoms with Gasteiger partial charge in [-0.2, -0.15) is 0 Å². The van der Waals surface area contributed by atoms with Crippen molar-refractivity contribution in [1.82, 2.24) is 9.97 Å². The quantitative estimate of drug-likeness (QED) is 0.168. The first-order valence-corrected chi connectivity index (χ1v) is 21.6. The minimum atomic E-state index is -0.471. The number of hydrogen-bond donors (Lipinski definition) is 0. The van der Waals surface area contributed by atoms with E-state index in [1.807, 2.05) is 6.07 Å². The molecule has 1 heterocycles. The lowest BCUT2D eigenvalue weighted by atomic mass is 9.67. The van der Waals surface area contributed by atoms with Crippen molar-refractivity contribution >= 4 is 10.8 Å². The molecular formula is C60H42N2. The summed E-state index contributed by atoms with van der Waals surface area (Å²) in [5.74, 6) is 0.714. The molecule has 62 heavy (non-hydrogen) atoms. The Morgan fingerprint density at radius 2 is 0.774 bits per heavy atom. The molecule has 1 aromatic heterocycles. The molecule has 0 atom stereocenters. The molecule has 0 saturated carbocycles. The van der Waals surface area contributed by atoms with Gasteiger partial charge in [0.15, 0.2) is 5.82 Å². The van der Waals surface area contributed by atoms with Crippen LogP contribution in [0.5, 0.6) is 0 Å². The maximum atomic E-state index is 5.33. The Labute approximate surface area is 362 Å². The Bertz CT molecular complexity index is 3330. The number of hydrogen-bond acceptors (Lipinski definition) is 2. The van der Waals surface area contributed by atoms with Crippen LogP contribution in [0, 0.1) is 0 Å². The molecule has 10 aromatic rings. The van der Waals surface area contributed by atoms with Gasteiger partial charge in [0.2, 0.25) is 0 Å². The van der Waals surface area contributed by atoms with Crippen LogP contribution in [0.15, 0.2) is 218 Å². The Morgan fingerprint density at radius 1 is 0.306 bits per heavy atom. The molecule has 2 aliphatic carbocycles. The summed E-state index contributed by atoms with van der Waals surface area (Å²) in [6.45, 7) is 4.66. The number of aromatic nitrogens is 2. The van der Waals surface area contributed by atoms with E-state index in [1.54, 1.807) is 0 Å². The molecule has 0 fully saturated rings. The third-order valence-corrected chi connectivity index (χ3v) is 13.6. The van der Waals surface area contributed by atoms with E-state index >= 15 is 0 Å². The number of nitrogens with zero attached hydrogens (tertiary/aromatic N) is 2. The highest BCUT2D eigenvalue weighted by Crippen LogP contribution is 2.57. The highest BCUT2D eigenvalue weighted by Gasteiger charge is 2.46. The molecule has 292 valence electrons. The van der Waals surface area contributed by atoms with E-state index < -0.39 is 5.41 Å². The van der Waals surface area contributed by atoms with Crippen LogP contribution in [-0.4, -0.2) is 9.97 Å². The second-order valence-corrected chi connectivity index (χ2v) is 17.3. The van der Waals surface area contributed by atoms with E-state index in [2.05, 4.69) is 226 Å². The highest BCUT2D eigenvalue weighted by atomic mass is 14.9. The van der Waals surface area contributed by atoms with E-state index in [9.17, 15) is 0 Å². The Balaban J connectivity index is 1.04. The maximum absolute atomic E-state index is 5.33. The Kier molecular flexibility index (Phi) is 8.14. The molecule has 0 radical (unpaired) electrons. The van der Waals surface area contributed by atoms with Crippen molar-refractivity contribution in [2.75, 3.05) is 0 Å². The number of benzene rings is 9. The summed E-state index contributed by atoms with van der Waals surface area (Å²) in [6, 6.07) is 79.7. The fourth-order valence-electron chi connectivity index (χ4n) is 10.7. The average molecular weight is 791 g/mol. The number of rotatable bonds is 6. The van der Waals surface area contributed by atoms with Crippen molar-refractivity contribution in [3.63, 3.8) is 0 Å². The van der Waals surface area contributed by atoms with Gasteiger partial charge in [-0.05, 0) is 95.7 Å². The minimum absolute atomic E-state index is 0.117. The zero-order chi connectivity index (χ0) is 41.4. The van der Waals surface area contributed by atoms with E-state index in [0.29, 0.717) is 5.82 Å². The van der Waals surface area contributed by atoms with E-state index in [1.165, 1.54) is 72.1 Å². The van der Waals surface area contributed by atoms with Gasteiger partial charge in [0.05, 0.1) is 16.8 Å². The zero-order valence-corrected chi connectivity index (χ0v) is 34.7. The first kappa shape index (κ1) is 36.2. The molecule has 2 heteroatoms. The summed E-state index contributed by atoms with van der Waals surface area (Å²) < 4.78 is 0. The summed E-state index contributed by atoms with van der Waals surface area (Å²) in [7, 11) is 0. The van der Waals surface area contributed by atoms with Crippen molar-refractivity contribution < 1.29 is 0 Å². The first-order valence-electron chi connectivity index (χ1n) is 21.6. The predicted octanol–water partition coefficient (Wildman–Crippen LogP) is 15.0. The van der Waals surface area contributed by atoms with Crippen molar-refractivity contribution in [3.8, 4) is 67.3 Å². The van der Waals surface area contributed by atoms with Crippen LogP contribution in [0.1, 0.15) is 47.2 Å². The molecule has 0 spiro atoms. The van der Waals surface area contributed by atoms with E-state index in [4.69, 9.17) is 9.97 Å². The van der Waals surface area contributed by atoms with E-state index in [0.717, 1.165) is 33.5 Å². The molecule has 9 aromatic carbocycles. The van der Waals surface area contributed by atoms with Crippen LogP contribution in [0.4, 0.5) is 0 Å². The van der Waals surface area contributed by atoms with Gasteiger partial charge in [-0.15, -0.1) is 0 Å². The van der Waals surface area contributed by atoms with Crippen molar-refractivity contribution in [2.24, 2.45) is 0 Å². The van der Waals surface area contributed by atoms with Gasteiger partial charge in [0.1, 0.15) is 0 Å². The molecule has 0 aliphatic heterocycles. The first-order chi connectivity index (χ1) is 30.5. The minimum Gasteiger partial charge on any atom is -0.228 e. The van der Waals surface area contributed by atoms with Gasteiger partial charge in [0.25, 0.3) is 0 Å². The van der Waals surface area contributed by atoms with Crippen LogP contribution >= 0.6 is 0 Å². The summed E-state index contributed by atoms with van der Waals surface area (Å²) in [4.78, 5) is 10.6.